The Hall–Kier alpha value is -1.95. The van der Waals surface area contributed by atoms with Gasteiger partial charge in [-0.05, 0) is 44.4 Å². The summed E-state index contributed by atoms with van der Waals surface area (Å²) < 4.78 is 5.34. The number of aryl methyl sites for hydroxylation is 1. The topological polar surface area (TPSA) is 62.7 Å². The van der Waals surface area contributed by atoms with E-state index in [0.717, 1.165) is 31.5 Å². The summed E-state index contributed by atoms with van der Waals surface area (Å²) in [6, 6.07) is 3.72. The molecule has 136 valence electrons. The Morgan fingerprint density at radius 2 is 2.12 bits per heavy atom. The second-order valence-electron chi connectivity index (χ2n) is 7.23. The first-order chi connectivity index (χ1) is 12.0. The van der Waals surface area contributed by atoms with Gasteiger partial charge < -0.3 is 14.5 Å². The maximum absolute atomic E-state index is 12.7. The highest BCUT2D eigenvalue weighted by atomic mass is 16.5. The average molecular weight is 345 g/mol. The first-order valence-corrected chi connectivity index (χ1v) is 9.00. The van der Waals surface area contributed by atoms with Crippen molar-refractivity contribution in [3.05, 3.63) is 29.6 Å². The molecule has 0 aromatic carbocycles. The molecule has 1 aromatic rings. The lowest BCUT2D eigenvalue weighted by atomic mass is 9.71. The van der Waals surface area contributed by atoms with Crippen molar-refractivity contribution in [2.45, 2.75) is 26.7 Å². The molecule has 0 N–H and O–H groups in total. The Balaban J connectivity index is 1.72. The predicted molar refractivity (Wildman–Crippen MR) is 94.2 cm³/mol. The number of pyridine rings is 1. The molecule has 2 fully saturated rings. The van der Waals surface area contributed by atoms with Gasteiger partial charge in [0.1, 0.15) is 5.69 Å². The minimum atomic E-state index is -0.0909. The number of methoxy groups -OCH3 is 1. The largest absolute Gasteiger partial charge is 0.384 e. The van der Waals surface area contributed by atoms with Crippen LogP contribution < -0.4 is 0 Å². The van der Waals surface area contributed by atoms with E-state index in [0.29, 0.717) is 25.4 Å². The monoisotopic (exact) mass is 345 g/mol. The Bertz CT molecular complexity index is 653. The van der Waals surface area contributed by atoms with Gasteiger partial charge in [0.15, 0.2) is 0 Å². The highest BCUT2D eigenvalue weighted by Gasteiger charge is 2.52. The number of ether oxygens (including phenoxy) is 1. The molecule has 1 spiro atoms. The SMILES string of the molecule is CCN1CC2(CCN(C(=O)c3cc(C)ccn3)CC2)[C@@H](COC)C1=O. The second kappa shape index (κ2) is 7.12. The third-order valence-electron chi connectivity index (χ3n) is 5.75. The molecule has 3 rings (SSSR count). The van der Waals surface area contributed by atoms with Crippen LogP contribution in [-0.2, 0) is 9.53 Å². The summed E-state index contributed by atoms with van der Waals surface area (Å²) in [7, 11) is 1.65. The molecule has 6 nitrogen and oxygen atoms in total. The summed E-state index contributed by atoms with van der Waals surface area (Å²) in [5.74, 6) is 0.0924. The van der Waals surface area contributed by atoms with E-state index in [1.165, 1.54) is 0 Å². The van der Waals surface area contributed by atoms with Gasteiger partial charge >= 0.3 is 0 Å². The summed E-state index contributed by atoms with van der Waals surface area (Å²) in [6.07, 6.45) is 3.35. The van der Waals surface area contributed by atoms with Crippen LogP contribution in [0.3, 0.4) is 0 Å². The molecule has 6 heteroatoms. The molecule has 3 heterocycles. The van der Waals surface area contributed by atoms with Gasteiger partial charge in [-0.3, -0.25) is 14.6 Å². The van der Waals surface area contributed by atoms with Gasteiger partial charge in [0.05, 0.1) is 12.5 Å². The molecule has 25 heavy (non-hydrogen) atoms. The molecule has 0 bridgehead atoms. The molecule has 0 saturated carbocycles. The van der Waals surface area contributed by atoms with Crippen molar-refractivity contribution >= 4 is 11.8 Å². The van der Waals surface area contributed by atoms with E-state index < -0.39 is 0 Å². The summed E-state index contributed by atoms with van der Waals surface area (Å²) in [5, 5.41) is 0. The van der Waals surface area contributed by atoms with E-state index in [4.69, 9.17) is 4.74 Å². The van der Waals surface area contributed by atoms with E-state index in [1.54, 1.807) is 13.3 Å². The minimum Gasteiger partial charge on any atom is -0.384 e. The molecule has 1 atom stereocenters. The van der Waals surface area contributed by atoms with Crippen LogP contribution in [0, 0.1) is 18.3 Å². The van der Waals surface area contributed by atoms with Gasteiger partial charge in [-0.1, -0.05) is 0 Å². The first-order valence-electron chi connectivity index (χ1n) is 9.00. The average Bonchev–Trinajstić information content (AvgIpc) is 2.88. The number of carbonyl (C=O) groups is 2. The van der Waals surface area contributed by atoms with Crippen molar-refractivity contribution in [3.63, 3.8) is 0 Å². The van der Waals surface area contributed by atoms with E-state index in [9.17, 15) is 9.59 Å². The zero-order valence-corrected chi connectivity index (χ0v) is 15.3. The molecule has 2 saturated heterocycles. The molecule has 2 aliphatic rings. The smallest absolute Gasteiger partial charge is 0.272 e. The third-order valence-corrected chi connectivity index (χ3v) is 5.75. The first kappa shape index (κ1) is 17.9. The minimum absolute atomic E-state index is 0.0153. The van der Waals surface area contributed by atoms with Crippen LogP contribution in [0.4, 0.5) is 0 Å². The van der Waals surface area contributed by atoms with Crippen molar-refractivity contribution in [2.75, 3.05) is 39.9 Å². The number of aromatic nitrogens is 1. The predicted octanol–water partition coefficient (Wildman–Crippen LogP) is 1.74. The van der Waals surface area contributed by atoms with Crippen molar-refractivity contribution in [1.29, 1.82) is 0 Å². The highest BCUT2D eigenvalue weighted by Crippen LogP contribution is 2.45. The van der Waals surface area contributed by atoms with E-state index in [-0.39, 0.29) is 23.1 Å². The Morgan fingerprint density at radius 3 is 2.72 bits per heavy atom. The number of piperidine rings is 1. The Kier molecular flexibility index (Phi) is 5.08. The van der Waals surface area contributed by atoms with E-state index in [2.05, 4.69) is 4.98 Å². The number of nitrogens with zero attached hydrogens (tertiary/aromatic N) is 3. The molecule has 0 aliphatic carbocycles. The lowest BCUT2D eigenvalue weighted by Crippen LogP contribution is -2.47. The molecule has 2 amide bonds. The molecule has 0 unspecified atom stereocenters. The molecule has 2 aliphatic heterocycles. The van der Waals surface area contributed by atoms with Crippen molar-refractivity contribution < 1.29 is 14.3 Å². The lowest BCUT2D eigenvalue weighted by Gasteiger charge is -2.41. The highest BCUT2D eigenvalue weighted by molar-refractivity contribution is 5.92. The van der Waals surface area contributed by atoms with Gasteiger partial charge in [0.2, 0.25) is 5.91 Å². The molecular weight excluding hydrogens is 318 g/mol. The zero-order valence-electron chi connectivity index (χ0n) is 15.3. The van der Waals surface area contributed by atoms with Crippen LogP contribution in [-0.4, -0.2) is 66.5 Å². The summed E-state index contributed by atoms with van der Waals surface area (Å²) in [5.41, 5.74) is 1.47. The number of carbonyl (C=O) groups excluding carboxylic acids is 2. The van der Waals surface area contributed by atoms with Crippen LogP contribution >= 0.6 is 0 Å². The number of rotatable bonds is 4. The van der Waals surface area contributed by atoms with Crippen LogP contribution in [0.1, 0.15) is 35.8 Å². The van der Waals surface area contributed by atoms with Crippen molar-refractivity contribution in [3.8, 4) is 0 Å². The quantitative estimate of drug-likeness (QED) is 0.834. The third kappa shape index (κ3) is 3.27. The van der Waals surface area contributed by atoms with Crippen LogP contribution in [0.2, 0.25) is 0 Å². The fourth-order valence-electron chi connectivity index (χ4n) is 4.21. The standard InChI is InChI=1S/C19H27N3O3/c1-4-21-13-19(15(12-25-3)17(21)23)6-9-22(10-7-19)18(24)16-11-14(2)5-8-20-16/h5,8,11,15H,4,6-7,9-10,12-13H2,1-3H3/t15-/m0/s1. The number of hydrogen-bond donors (Lipinski definition) is 0. The van der Waals surface area contributed by atoms with Crippen molar-refractivity contribution in [1.82, 2.24) is 14.8 Å². The summed E-state index contributed by atoms with van der Waals surface area (Å²) in [6.45, 7) is 7.28. The maximum atomic E-state index is 12.7. The molecule has 0 radical (unpaired) electrons. The fraction of sp³-hybridized carbons (Fsp3) is 0.632. The second-order valence-corrected chi connectivity index (χ2v) is 7.23. The van der Waals surface area contributed by atoms with Gasteiger partial charge in [0.25, 0.3) is 5.91 Å². The zero-order chi connectivity index (χ0) is 18.0. The molecule has 1 aromatic heterocycles. The molecular formula is C19H27N3O3. The maximum Gasteiger partial charge on any atom is 0.272 e. The van der Waals surface area contributed by atoms with E-state index >= 15 is 0 Å². The number of likely N-dealkylation sites (tertiary alicyclic amines) is 2. The van der Waals surface area contributed by atoms with Crippen LogP contribution in [0.5, 0.6) is 0 Å². The number of amides is 2. The Morgan fingerprint density at radius 1 is 1.40 bits per heavy atom. The fourth-order valence-corrected chi connectivity index (χ4v) is 4.21. The van der Waals surface area contributed by atoms with Crippen molar-refractivity contribution in [2.24, 2.45) is 11.3 Å². The van der Waals surface area contributed by atoms with E-state index in [1.807, 2.05) is 35.8 Å². The Labute approximate surface area is 149 Å². The summed E-state index contributed by atoms with van der Waals surface area (Å²) >= 11 is 0. The van der Waals surface area contributed by atoms with Gasteiger partial charge in [0, 0.05) is 44.9 Å². The van der Waals surface area contributed by atoms with Crippen LogP contribution in [0.25, 0.3) is 0 Å². The lowest BCUT2D eigenvalue weighted by molar-refractivity contribution is -0.133. The van der Waals surface area contributed by atoms with Gasteiger partial charge in [-0.2, -0.15) is 0 Å². The summed E-state index contributed by atoms with van der Waals surface area (Å²) in [4.78, 5) is 33.4. The number of hydrogen-bond acceptors (Lipinski definition) is 4. The van der Waals surface area contributed by atoms with Crippen LogP contribution in [0.15, 0.2) is 18.3 Å². The van der Waals surface area contributed by atoms with Gasteiger partial charge in [-0.25, -0.2) is 0 Å². The normalized spacial score (nSPS) is 22.7. The van der Waals surface area contributed by atoms with Gasteiger partial charge in [-0.15, -0.1) is 0 Å².